The van der Waals surface area contributed by atoms with Gasteiger partial charge in [0, 0.05) is 31.8 Å². The molecule has 0 spiro atoms. The highest BCUT2D eigenvalue weighted by Gasteiger charge is 2.18. The lowest BCUT2D eigenvalue weighted by Crippen LogP contribution is -2.34. The average molecular weight is 299 g/mol. The van der Waals surface area contributed by atoms with Crippen LogP contribution < -0.4 is 0 Å². The first kappa shape index (κ1) is 16.1. The largest absolute Gasteiger partial charge is 0.383 e. The molecule has 7 heteroatoms. The maximum atomic E-state index is 12.3. The smallest absolute Gasteiger partial charge is 0.287 e. The van der Waals surface area contributed by atoms with E-state index in [2.05, 4.69) is 6.58 Å². The number of benzene rings is 1. The van der Waals surface area contributed by atoms with Crippen molar-refractivity contribution in [2.45, 2.75) is 0 Å². The molecular weight excluding hydrogens is 284 g/mol. The second-order valence-corrected chi connectivity index (χ2v) is 4.36. The number of halogens is 1. The molecule has 0 atom stereocenters. The van der Waals surface area contributed by atoms with Gasteiger partial charge in [0.05, 0.1) is 11.5 Å². The van der Waals surface area contributed by atoms with Gasteiger partial charge in [-0.2, -0.15) is 0 Å². The van der Waals surface area contributed by atoms with Crippen LogP contribution in [0.5, 0.6) is 0 Å². The molecule has 0 aliphatic rings. The molecule has 0 N–H and O–H groups in total. The van der Waals surface area contributed by atoms with E-state index in [9.17, 15) is 14.9 Å². The molecule has 0 aromatic heterocycles. The van der Waals surface area contributed by atoms with E-state index in [-0.39, 0.29) is 16.6 Å². The Morgan fingerprint density at radius 1 is 1.60 bits per heavy atom. The van der Waals surface area contributed by atoms with Crippen LogP contribution in [0.4, 0.5) is 5.69 Å². The van der Waals surface area contributed by atoms with E-state index < -0.39 is 4.92 Å². The van der Waals surface area contributed by atoms with Gasteiger partial charge >= 0.3 is 0 Å². The normalized spacial score (nSPS) is 10.1. The van der Waals surface area contributed by atoms with Crippen molar-refractivity contribution in [3.8, 4) is 0 Å². The highest BCUT2D eigenvalue weighted by molar-refractivity contribution is 6.33. The standard InChI is InChI=1S/C13H15ClN2O4/c1-3-6-15(7-8-20-2)13(17)10-4-5-12(16(18)19)11(14)9-10/h3-5,9H,1,6-8H2,2H3. The highest BCUT2D eigenvalue weighted by Crippen LogP contribution is 2.25. The molecule has 0 saturated carbocycles. The van der Waals surface area contributed by atoms with Crippen LogP contribution in [0.3, 0.4) is 0 Å². The predicted octanol–water partition coefficient (Wildman–Crippen LogP) is 2.52. The molecule has 1 amide bonds. The number of hydrogen-bond acceptors (Lipinski definition) is 4. The summed E-state index contributed by atoms with van der Waals surface area (Å²) in [5.74, 6) is -0.279. The Labute approximate surface area is 121 Å². The molecular formula is C13H15ClN2O4. The molecule has 6 nitrogen and oxygen atoms in total. The van der Waals surface area contributed by atoms with E-state index in [0.29, 0.717) is 25.3 Å². The number of nitro benzene ring substituents is 1. The number of nitro groups is 1. The molecule has 0 unspecified atom stereocenters. The summed E-state index contributed by atoms with van der Waals surface area (Å²) in [4.78, 5) is 23.9. The first-order valence-electron chi connectivity index (χ1n) is 5.84. The third-order valence-electron chi connectivity index (χ3n) is 2.59. The summed E-state index contributed by atoms with van der Waals surface area (Å²) in [6.45, 7) is 4.74. The molecule has 1 aromatic rings. The predicted molar refractivity (Wildman–Crippen MR) is 76.1 cm³/mol. The molecule has 0 bridgehead atoms. The molecule has 1 aromatic carbocycles. The average Bonchev–Trinajstić information content (AvgIpc) is 2.42. The number of hydrogen-bond donors (Lipinski definition) is 0. The van der Waals surface area contributed by atoms with E-state index in [0.717, 1.165) is 0 Å². The Morgan fingerprint density at radius 3 is 2.80 bits per heavy atom. The summed E-state index contributed by atoms with van der Waals surface area (Å²) >= 11 is 5.80. The van der Waals surface area contributed by atoms with Gasteiger partial charge in [-0.05, 0) is 12.1 Å². The summed E-state index contributed by atoms with van der Waals surface area (Å²) in [6.07, 6.45) is 1.60. The van der Waals surface area contributed by atoms with Crippen molar-refractivity contribution < 1.29 is 14.5 Å². The van der Waals surface area contributed by atoms with Crippen molar-refractivity contribution in [1.29, 1.82) is 0 Å². The van der Waals surface area contributed by atoms with E-state index in [4.69, 9.17) is 16.3 Å². The molecule has 108 valence electrons. The summed E-state index contributed by atoms with van der Waals surface area (Å²) in [5, 5.41) is 10.6. The van der Waals surface area contributed by atoms with Gasteiger partial charge in [-0.15, -0.1) is 6.58 Å². The Bertz CT molecular complexity index is 519. The first-order chi connectivity index (χ1) is 9.51. The lowest BCUT2D eigenvalue weighted by molar-refractivity contribution is -0.384. The molecule has 0 aliphatic carbocycles. The number of nitrogens with zero attached hydrogens (tertiary/aromatic N) is 2. The van der Waals surface area contributed by atoms with Crippen molar-refractivity contribution in [2.24, 2.45) is 0 Å². The number of rotatable bonds is 7. The maximum absolute atomic E-state index is 12.3. The lowest BCUT2D eigenvalue weighted by Gasteiger charge is -2.20. The summed E-state index contributed by atoms with van der Waals surface area (Å²) in [5.41, 5.74) is 0.0638. The fourth-order valence-electron chi connectivity index (χ4n) is 1.60. The van der Waals surface area contributed by atoms with Gasteiger partial charge in [-0.25, -0.2) is 0 Å². The Balaban J connectivity index is 2.96. The van der Waals surface area contributed by atoms with Gasteiger partial charge in [0.15, 0.2) is 0 Å². The molecule has 1 rings (SSSR count). The van der Waals surface area contributed by atoms with Crippen molar-refractivity contribution >= 4 is 23.2 Å². The Kier molecular flexibility index (Phi) is 6.14. The highest BCUT2D eigenvalue weighted by atomic mass is 35.5. The van der Waals surface area contributed by atoms with Crippen LogP contribution >= 0.6 is 11.6 Å². The number of amides is 1. The third-order valence-corrected chi connectivity index (χ3v) is 2.90. The zero-order chi connectivity index (χ0) is 15.1. The summed E-state index contributed by atoms with van der Waals surface area (Å²) in [7, 11) is 1.54. The minimum absolute atomic E-state index is 0.0638. The monoisotopic (exact) mass is 298 g/mol. The van der Waals surface area contributed by atoms with Crippen molar-refractivity contribution in [2.75, 3.05) is 26.8 Å². The van der Waals surface area contributed by atoms with Crippen molar-refractivity contribution in [1.82, 2.24) is 4.90 Å². The second kappa shape index (κ2) is 7.62. The molecule has 0 radical (unpaired) electrons. The number of methoxy groups -OCH3 is 1. The van der Waals surface area contributed by atoms with Crippen molar-refractivity contribution in [3.63, 3.8) is 0 Å². The minimum Gasteiger partial charge on any atom is -0.383 e. The van der Waals surface area contributed by atoms with Gasteiger partial charge in [-0.1, -0.05) is 17.7 Å². The van der Waals surface area contributed by atoms with Gasteiger partial charge in [0.1, 0.15) is 5.02 Å². The number of carbonyl (C=O) groups excluding carboxylic acids is 1. The van der Waals surface area contributed by atoms with Crippen LogP contribution in [0.25, 0.3) is 0 Å². The van der Waals surface area contributed by atoms with Gasteiger partial charge < -0.3 is 9.64 Å². The summed E-state index contributed by atoms with van der Waals surface area (Å²) in [6, 6.07) is 3.90. The summed E-state index contributed by atoms with van der Waals surface area (Å²) < 4.78 is 4.94. The lowest BCUT2D eigenvalue weighted by atomic mass is 10.1. The van der Waals surface area contributed by atoms with Gasteiger partial charge in [0.25, 0.3) is 11.6 Å². The van der Waals surface area contributed by atoms with Crippen LogP contribution in [-0.2, 0) is 4.74 Å². The zero-order valence-corrected chi connectivity index (χ0v) is 11.8. The number of ether oxygens (including phenoxy) is 1. The van der Waals surface area contributed by atoms with Crippen LogP contribution in [0.15, 0.2) is 30.9 Å². The van der Waals surface area contributed by atoms with Crippen LogP contribution in [0.1, 0.15) is 10.4 Å². The fraction of sp³-hybridized carbons (Fsp3) is 0.308. The quantitative estimate of drug-likeness (QED) is 0.440. The van der Waals surface area contributed by atoms with Crippen LogP contribution in [0.2, 0.25) is 5.02 Å². The SMILES string of the molecule is C=CCN(CCOC)C(=O)c1ccc([N+](=O)[O-])c(Cl)c1. The van der Waals surface area contributed by atoms with Crippen LogP contribution in [0, 0.1) is 10.1 Å². The Hall–Kier alpha value is -1.92. The second-order valence-electron chi connectivity index (χ2n) is 3.96. The van der Waals surface area contributed by atoms with Crippen molar-refractivity contribution in [3.05, 3.63) is 51.6 Å². The maximum Gasteiger partial charge on any atom is 0.287 e. The Morgan fingerprint density at radius 2 is 2.30 bits per heavy atom. The minimum atomic E-state index is -0.594. The molecule has 20 heavy (non-hydrogen) atoms. The molecule has 0 heterocycles. The van der Waals surface area contributed by atoms with Gasteiger partial charge in [0.2, 0.25) is 0 Å². The molecule has 0 fully saturated rings. The fourth-order valence-corrected chi connectivity index (χ4v) is 1.85. The molecule has 0 saturated heterocycles. The zero-order valence-electron chi connectivity index (χ0n) is 11.0. The number of carbonyl (C=O) groups is 1. The van der Waals surface area contributed by atoms with E-state index >= 15 is 0 Å². The topological polar surface area (TPSA) is 72.7 Å². The van der Waals surface area contributed by atoms with Gasteiger partial charge in [-0.3, -0.25) is 14.9 Å². The first-order valence-corrected chi connectivity index (χ1v) is 6.22. The van der Waals surface area contributed by atoms with Crippen LogP contribution in [-0.4, -0.2) is 42.5 Å². The van der Waals surface area contributed by atoms with E-state index in [1.807, 2.05) is 0 Å². The van der Waals surface area contributed by atoms with E-state index in [1.54, 1.807) is 13.2 Å². The molecule has 0 aliphatic heterocycles. The van der Waals surface area contributed by atoms with E-state index in [1.165, 1.54) is 23.1 Å². The third kappa shape index (κ3) is 4.04.